The van der Waals surface area contributed by atoms with Crippen LogP contribution in [0.3, 0.4) is 0 Å². The Bertz CT molecular complexity index is 72.8. The normalized spacial score (nSPS) is 20.7. The van der Waals surface area contributed by atoms with Crippen LogP contribution in [0.4, 0.5) is 0 Å². The van der Waals surface area contributed by atoms with Gasteiger partial charge in [0.2, 0.25) is 0 Å². The Hall–Kier alpha value is 0.662. The van der Waals surface area contributed by atoms with Crippen molar-refractivity contribution in [3.63, 3.8) is 0 Å². The second-order valence-corrected chi connectivity index (χ2v) is 3.45. The van der Waals surface area contributed by atoms with Gasteiger partial charge in [-0.15, -0.1) is 0 Å². The number of hydrogen-bond acceptors (Lipinski definition) is 0. The summed E-state index contributed by atoms with van der Waals surface area (Å²) in [7, 11) is 0. The zero-order valence-corrected chi connectivity index (χ0v) is 9.65. The molecule has 0 spiro atoms. The van der Waals surface area contributed by atoms with E-state index in [1.165, 1.54) is 25.7 Å². The molecule has 1 rings (SSSR count). The van der Waals surface area contributed by atoms with Crippen molar-refractivity contribution >= 4 is 0 Å². The minimum atomic E-state index is 0. The molecule has 61 valence electrons. The summed E-state index contributed by atoms with van der Waals surface area (Å²) in [6, 6.07) is 0. The third-order valence-electron chi connectivity index (χ3n) is 2.43. The van der Waals surface area contributed by atoms with Gasteiger partial charge in [-0.1, -0.05) is 26.7 Å². The second-order valence-electron chi connectivity index (χ2n) is 3.45. The van der Waals surface area contributed by atoms with Crippen LogP contribution in [0.5, 0.6) is 0 Å². The van der Waals surface area contributed by atoms with E-state index in [0.717, 1.165) is 11.8 Å². The summed E-state index contributed by atoms with van der Waals surface area (Å²) >= 11 is 0. The van der Waals surface area contributed by atoms with Crippen LogP contribution in [0.25, 0.3) is 0 Å². The van der Waals surface area contributed by atoms with E-state index in [2.05, 4.69) is 20.3 Å². The average molecular weight is 311 g/mol. The summed E-state index contributed by atoms with van der Waals surface area (Å²) in [5, 5.41) is 0. The maximum atomic E-state index is 2.43. The van der Waals surface area contributed by atoms with Crippen molar-refractivity contribution in [1.82, 2.24) is 0 Å². The van der Waals surface area contributed by atoms with Crippen molar-refractivity contribution in [2.45, 2.75) is 39.5 Å². The Morgan fingerprint density at radius 1 is 1.20 bits per heavy atom. The van der Waals surface area contributed by atoms with Crippen molar-refractivity contribution < 1.29 is 20.4 Å². The van der Waals surface area contributed by atoms with Crippen LogP contribution < -0.4 is 0 Å². The van der Waals surface area contributed by atoms with Gasteiger partial charge >= 0.3 is 0 Å². The van der Waals surface area contributed by atoms with Gasteiger partial charge in [0.1, 0.15) is 0 Å². The van der Waals surface area contributed by atoms with Crippen molar-refractivity contribution in [2.75, 3.05) is 0 Å². The maximum Gasteiger partial charge on any atom is 0 e. The molecule has 1 saturated carbocycles. The molecule has 1 fully saturated rings. The zero-order chi connectivity index (χ0) is 6.69. The molecule has 1 heteroatoms. The van der Waals surface area contributed by atoms with E-state index in [4.69, 9.17) is 0 Å². The second kappa shape index (κ2) is 5.33. The molecule has 0 aliphatic heterocycles. The van der Waals surface area contributed by atoms with Crippen LogP contribution >= 0.6 is 0 Å². The maximum absolute atomic E-state index is 2.43. The Labute approximate surface area is 78.4 Å². The fraction of sp³-hybridized carbons (Fsp3) is 0.889. The summed E-state index contributed by atoms with van der Waals surface area (Å²) in [4.78, 5) is 0. The van der Waals surface area contributed by atoms with Crippen LogP contribution in [0.2, 0.25) is 0 Å². The molecule has 0 N–H and O–H groups in total. The van der Waals surface area contributed by atoms with Crippen LogP contribution in [-0.2, 0) is 20.4 Å². The van der Waals surface area contributed by atoms with Crippen molar-refractivity contribution in [3.8, 4) is 0 Å². The van der Waals surface area contributed by atoms with E-state index in [1.54, 1.807) is 0 Å². The summed E-state index contributed by atoms with van der Waals surface area (Å²) in [5.74, 6) is 1.94. The Morgan fingerprint density at radius 2 is 1.70 bits per heavy atom. The molecule has 0 heterocycles. The molecular weight excluding hydrogens is 294 g/mol. The molecule has 0 aromatic carbocycles. The van der Waals surface area contributed by atoms with E-state index < -0.39 is 0 Å². The van der Waals surface area contributed by atoms with Gasteiger partial charge in [-0.25, -0.2) is 0 Å². The first-order valence-electron chi connectivity index (χ1n) is 4.12. The molecule has 1 aliphatic carbocycles. The monoisotopic (exact) mass is 312 g/mol. The topological polar surface area (TPSA) is 0 Å². The number of rotatable bonds is 1. The minimum Gasteiger partial charge on any atom is -0.328 e. The van der Waals surface area contributed by atoms with Gasteiger partial charge in [0.05, 0.1) is 0 Å². The van der Waals surface area contributed by atoms with Crippen LogP contribution in [0.15, 0.2) is 0 Å². The average Bonchev–Trinajstić information content (AvgIpc) is 1.90. The Kier molecular flexibility index (Phi) is 5.68. The molecule has 0 nitrogen and oxygen atoms in total. The van der Waals surface area contributed by atoms with E-state index in [-0.39, 0.29) is 20.4 Å². The first kappa shape index (κ1) is 10.7. The third-order valence-corrected chi connectivity index (χ3v) is 2.43. The summed E-state index contributed by atoms with van der Waals surface area (Å²) in [6.07, 6.45) is 8.04. The summed E-state index contributed by atoms with van der Waals surface area (Å²) in [6.45, 7) is 4.69. The molecule has 1 aliphatic rings. The van der Waals surface area contributed by atoms with E-state index >= 15 is 0 Å². The fourth-order valence-electron chi connectivity index (χ4n) is 1.62. The molecular formula is C9H17Re-. The molecule has 0 saturated heterocycles. The third kappa shape index (κ3) is 3.17. The largest absolute Gasteiger partial charge is 0.328 e. The van der Waals surface area contributed by atoms with Gasteiger partial charge in [0, 0.05) is 20.4 Å². The minimum absolute atomic E-state index is 0. The van der Waals surface area contributed by atoms with Gasteiger partial charge < -0.3 is 6.42 Å². The van der Waals surface area contributed by atoms with Crippen LogP contribution in [-0.4, -0.2) is 0 Å². The Balaban J connectivity index is 0.000000810. The molecule has 0 atom stereocenters. The van der Waals surface area contributed by atoms with E-state index in [9.17, 15) is 0 Å². The SMILES string of the molecule is CC(C)C1CC[CH-]CC1.[Re]. The van der Waals surface area contributed by atoms with Crippen LogP contribution in [0, 0.1) is 18.3 Å². The molecule has 1 radical (unpaired) electrons. The smallest absolute Gasteiger partial charge is 0 e. The molecule has 0 unspecified atom stereocenters. The van der Waals surface area contributed by atoms with Gasteiger partial charge in [-0.2, -0.15) is 12.8 Å². The Morgan fingerprint density at radius 3 is 2.00 bits per heavy atom. The molecule has 10 heavy (non-hydrogen) atoms. The number of hydrogen-bond donors (Lipinski definition) is 0. The standard InChI is InChI=1S/C9H17.Re/c1-8(2)9-6-4-3-5-7-9;/h3,8-9H,4-7H2,1-2H3;/q-1;. The molecule has 0 aromatic rings. The van der Waals surface area contributed by atoms with Gasteiger partial charge in [-0.05, 0) is 11.8 Å². The predicted molar refractivity (Wildman–Crippen MR) is 41.1 cm³/mol. The zero-order valence-electron chi connectivity index (χ0n) is 6.94. The predicted octanol–water partition coefficient (Wildman–Crippen LogP) is 3.03. The van der Waals surface area contributed by atoms with Gasteiger partial charge in [-0.3, -0.25) is 0 Å². The van der Waals surface area contributed by atoms with Crippen molar-refractivity contribution in [2.24, 2.45) is 11.8 Å². The van der Waals surface area contributed by atoms with E-state index in [0.29, 0.717) is 0 Å². The summed E-state index contributed by atoms with van der Waals surface area (Å²) in [5.41, 5.74) is 0. The summed E-state index contributed by atoms with van der Waals surface area (Å²) < 4.78 is 0. The molecule has 0 bridgehead atoms. The van der Waals surface area contributed by atoms with E-state index in [1.807, 2.05) is 0 Å². The molecule has 0 aromatic heterocycles. The quantitative estimate of drug-likeness (QED) is 0.653. The molecule has 0 amide bonds. The first-order valence-corrected chi connectivity index (χ1v) is 4.12. The fourth-order valence-corrected chi connectivity index (χ4v) is 1.62. The van der Waals surface area contributed by atoms with Crippen molar-refractivity contribution in [1.29, 1.82) is 0 Å². The van der Waals surface area contributed by atoms with Crippen LogP contribution in [0.1, 0.15) is 39.5 Å². The van der Waals surface area contributed by atoms with Crippen molar-refractivity contribution in [3.05, 3.63) is 6.42 Å². The van der Waals surface area contributed by atoms with Gasteiger partial charge in [0.25, 0.3) is 0 Å². The van der Waals surface area contributed by atoms with Gasteiger partial charge in [0.15, 0.2) is 0 Å². The first-order chi connectivity index (χ1) is 4.30.